The zero-order valence-electron chi connectivity index (χ0n) is 21.2. The van der Waals surface area contributed by atoms with Crippen molar-refractivity contribution < 1.29 is 16.9 Å². The van der Waals surface area contributed by atoms with Crippen LogP contribution in [-0.4, -0.2) is 39.5 Å². The van der Waals surface area contributed by atoms with Gasteiger partial charge in [0.15, 0.2) is 17.4 Å². The molecule has 1 heterocycles. The van der Waals surface area contributed by atoms with Gasteiger partial charge in [-0.2, -0.15) is 0 Å². The Bertz CT molecular complexity index is 863. The first-order chi connectivity index (χ1) is 14.8. The Morgan fingerprint density at radius 2 is 1.59 bits per heavy atom. The Hall–Kier alpha value is -0.602. The summed E-state index contributed by atoms with van der Waals surface area (Å²) in [5.74, 6) is 0.911. The lowest BCUT2D eigenvalue weighted by Crippen LogP contribution is -2.55. The Labute approximate surface area is 204 Å². The average Bonchev–Trinajstić information content (AvgIpc) is 2.63. The van der Waals surface area contributed by atoms with E-state index in [4.69, 9.17) is 12.3 Å². The molecule has 1 atom stereocenters. The summed E-state index contributed by atoms with van der Waals surface area (Å²) >= 11 is 1.76. The first-order valence-corrected chi connectivity index (χ1v) is 23.3. The molecule has 0 spiro atoms. The van der Waals surface area contributed by atoms with Gasteiger partial charge < -0.3 is 12.3 Å². The second kappa shape index (κ2) is 11.7. The van der Waals surface area contributed by atoms with Gasteiger partial charge in [-0.15, -0.1) is 0 Å². The largest absolute Gasteiger partial charge is 0.437 e. The third kappa shape index (κ3) is 10.1. The lowest BCUT2D eigenvalue weighted by Gasteiger charge is -2.40. The highest BCUT2D eigenvalue weighted by Gasteiger charge is 2.42. The van der Waals surface area contributed by atoms with Crippen LogP contribution in [0.15, 0.2) is 47.9 Å². The number of hydrogen-bond donors (Lipinski definition) is 0. The van der Waals surface area contributed by atoms with Gasteiger partial charge in [0.1, 0.15) is 6.20 Å². The fraction of sp³-hybridized carbons (Fsp3) is 0.545. The van der Waals surface area contributed by atoms with Crippen molar-refractivity contribution >= 4 is 46.2 Å². The molecular weight excluding hydrogens is 485 g/mol. The van der Waals surface area contributed by atoms with E-state index in [0.717, 1.165) is 23.4 Å². The molecule has 1 aromatic heterocycles. The van der Waals surface area contributed by atoms with Gasteiger partial charge >= 0.3 is 22.3 Å². The summed E-state index contributed by atoms with van der Waals surface area (Å²) in [6, 6.07) is 11.9. The number of rotatable bonds is 12. The Morgan fingerprint density at radius 3 is 2.16 bits per heavy atom. The topological polar surface area (TPSA) is 44.5 Å². The molecule has 1 radical (unpaired) electrons. The molecule has 0 aliphatic rings. The minimum Gasteiger partial charge on any atom is -0.437 e. The van der Waals surface area contributed by atoms with E-state index in [2.05, 4.69) is 86.2 Å². The van der Waals surface area contributed by atoms with E-state index in [-0.39, 0.29) is 0 Å². The molecule has 177 valence electrons. The van der Waals surface area contributed by atoms with E-state index < -0.39 is 34.5 Å². The van der Waals surface area contributed by atoms with Gasteiger partial charge in [0, 0.05) is 11.8 Å². The van der Waals surface area contributed by atoms with Crippen LogP contribution in [0.2, 0.25) is 58.4 Å². The summed E-state index contributed by atoms with van der Waals surface area (Å²) in [5.41, 5.74) is 2.64. The van der Waals surface area contributed by atoms with Crippen LogP contribution in [0.25, 0.3) is 0 Å². The van der Waals surface area contributed by atoms with Gasteiger partial charge in [-0.1, -0.05) is 24.3 Å². The lowest BCUT2D eigenvalue weighted by atomic mass is 10.1. The highest BCUT2D eigenvalue weighted by atomic mass is 32.2. The van der Waals surface area contributed by atoms with Gasteiger partial charge in [0.25, 0.3) is 0 Å². The van der Waals surface area contributed by atoms with Crippen LogP contribution < -0.4 is 4.57 Å². The highest BCUT2D eigenvalue weighted by Crippen LogP contribution is 2.27. The minimum absolute atomic E-state index is 0.799. The predicted molar refractivity (Wildman–Crippen MR) is 143 cm³/mol. The monoisotopic (exact) mass is 524 g/mol. The van der Waals surface area contributed by atoms with E-state index in [1.54, 1.807) is 11.8 Å². The summed E-state index contributed by atoms with van der Waals surface area (Å²) in [4.78, 5) is 4.44. The number of hydrogen-bond acceptors (Lipinski definition) is 5. The third-order valence-electron chi connectivity index (χ3n) is 4.57. The van der Waals surface area contributed by atoms with Crippen molar-refractivity contribution in [1.82, 2.24) is 4.98 Å². The normalized spacial score (nSPS) is 14.6. The molecule has 1 aromatic carbocycles. The van der Waals surface area contributed by atoms with E-state index in [1.807, 2.05) is 25.5 Å². The molecule has 0 amide bonds. The number of benzene rings is 1. The first kappa shape index (κ1) is 27.6. The third-order valence-corrected chi connectivity index (χ3v) is 18.3. The number of thioether (sulfide) groups is 1. The van der Waals surface area contributed by atoms with Crippen molar-refractivity contribution in [2.24, 2.45) is 7.05 Å². The minimum atomic E-state index is -2.35. The van der Waals surface area contributed by atoms with Gasteiger partial charge in [0.05, 0.1) is 13.2 Å². The molecule has 5 nitrogen and oxygen atoms in total. The zero-order chi connectivity index (χ0) is 24.0. The SMILES string of the molecule is C[n+]1cccnc1SCc1ccc(CC[Si](C)(O[Si](C)(C)C)O[Si](C)(C)O[Si](C)C)cc1. The van der Waals surface area contributed by atoms with Gasteiger partial charge in [-0.25, -0.2) is 4.57 Å². The molecular formula is C22H40N2O3SSi4+. The van der Waals surface area contributed by atoms with Crippen molar-refractivity contribution in [3.63, 3.8) is 0 Å². The maximum absolute atomic E-state index is 6.74. The molecule has 0 saturated carbocycles. The molecule has 0 N–H and O–H groups in total. The second-order valence-electron chi connectivity index (χ2n) is 9.98. The van der Waals surface area contributed by atoms with Gasteiger partial charge in [0.2, 0.25) is 0 Å². The molecule has 10 heteroatoms. The maximum atomic E-state index is 6.74. The van der Waals surface area contributed by atoms with E-state index in [0.29, 0.717) is 0 Å². The number of aromatic nitrogens is 2. The van der Waals surface area contributed by atoms with Crippen LogP contribution in [0.5, 0.6) is 0 Å². The summed E-state index contributed by atoms with van der Waals surface area (Å²) in [6.07, 6.45) is 4.84. The van der Waals surface area contributed by atoms with Crippen molar-refractivity contribution in [3.8, 4) is 0 Å². The van der Waals surface area contributed by atoms with Crippen LogP contribution in [0.1, 0.15) is 11.1 Å². The molecule has 0 bridgehead atoms. The Kier molecular flexibility index (Phi) is 10.1. The Balaban J connectivity index is 2.01. The smallest absolute Gasteiger partial charge is 0.359 e. The quantitative estimate of drug-likeness (QED) is 0.155. The average molecular weight is 525 g/mol. The molecule has 2 rings (SSSR count). The summed E-state index contributed by atoms with van der Waals surface area (Å²) < 4.78 is 21.8. The van der Waals surface area contributed by atoms with Crippen LogP contribution in [0.4, 0.5) is 0 Å². The molecule has 0 aliphatic heterocycles. The number of aryl methyl sites for hydroxylation is 2. The van der Waals surface area contributed by atoms with Gasteiger partial charge in [-0.3, -0.25) is 0 Å². The summed E-state index contributed by atoms with van der Waals surface area (Å²) in [7, 11) is -5.05. The standard InChI is InChI=1S/C22H40N2O3SSi4/c1-24-17-10-16-23-22(24)28-19-21-13-11-20(12-14-21)15-18-32(9,26-30(4,5)6)27-31(7,8)25-29(2)3/h10-14,16-17H,15,18-19H2,1-9H3/q+1. The molecule has 1 unspecified atom stereocenters. The predicted octanol–water partition coefficient (Wildman–Crippen LogP) is 5.65. The maximum Gasteiger partial charge on any atom is 0.359 e. The zero-order valence-corrected chi connectivity index (χ0v) is 26.0. The molecule has 32 heavy (non-hydrogen) atoms. The second-order valence-corrected chi connectivity index (χ2v) is 25.0. The Morgan fingerprint density at radius 1 is 0.969 bits per heavy atom. The van der Waals surface area contributed by atoms with Crippen LogP contribution in [0.3, 0.4) is 0 Å². The van der Waals surface area contributed by atoms with Crippen molar-refractivity contribution in [2.75, 3.05) is 0 Å². The number of nitrogens with zero attached hydrogens (tertiary/aromatic N) is 2. The first-order valence-electron chi connectivity index (χ1n) is 11.2. The van der Waals surface area contributed by atoms with E-state index in [9.17, 15) is 0 Å². The lowest BCUT2D eigenvalue weighted by molar-refractivity contribution is -0.713. The molecule has 0 saturated heterocycles. The van der Waals surface area contributed by atoms with Crippen LogP contribution in [-0.2, 0) is 31.6 Å². The van der Waals surface area contributed by atoms with Gasteiger partial charge in [-0.05, 0) is 92.7 Å². The van der Waals surface area contributed by atoms with Crippen molar-refractivity contribution in [1.29, 1.82) is 0 Å². The highest BCUT2D eigenvalue weighted by molar-refractivity contribution is 7.98. The van der Waals surface area contributed by atoms with Crippen molar-refractivity contribution in [3.05, 3.63) is 53.9 Å². The summed E-state index contributed by atoms with van der Waals surface area (Å²) in [5, 5.41) is 1.02. The molecule has 2 aromatic rings. The van der Waals surface area contributed by atoms with E-state index in [1.165, 1.54) is 11.1 Å². The van der Waals surface area contributed by atoms with E-state index >= 15 is 0 Å². The molecule has 0 fully saturated rings. The van der Waals surface area contributed by atoms with Crippen molar-refractivity contribution in [2.45, 2.75) is 75.8 Å². The molecule has 0 aliphatic carbocycles. The fourth-order valence-corrected chi connectivity index (χ4v) is 20.5. The van der Waals surface area contributed by atoms with Crippen LogP contribution in [0, 0.1) is 0 Å². The fourth-order valence-electron chi connectivity index (χ4n) is 3.69. The van der Waals surface area contributed by atoms with Crippen LogP contribution >= 0.6 is 11.8 Å². The summed E-state index contributed by atoms with van der Waals surface area (Å²) in [6.45, 7) is 17.7.